The van der Waals surface area contributed by atoms with Crippen molar-refractivity contribution < 1.29 is 27.5 Å². The summed E-state index contributed by atoms with van der Waals surface area (Å²) in [6.45, 7) is 2.15. The molecule has 9 heteroatoms. The van der Waals surface area contributed by atoms with Crippen LogP contribution in [-0.2, 0) is 11.0 Å². The van der Waals surface area contributed by atoms with Gasteiger partial charge in [0.25, 0.3) is 0 Å². The van der Waals surface area contributed by atoms with E-state index in [0.717, 1.165) is 35.6 Å². The fraction of sp³-hybridized carbons (Fsp3) is 0.200. The van der Waals surface area contributed by atoms with Crippen molar-refractivity contribution in [1.82, 2.24) is 0 Å². The fourth-order valence-corrected chi connectivity index (χ4v) is 2.43. The number of ether oxygens (including phenoxy) is 1. The number of hydrogen-bond acceptors (Lipinski definition) is 5. The van der Waals surface area contributed by atoms with Gasteiger partial charge in [-0.3, -0.25) is 0 Å². The maximum absolute atomic E-state index is 12.5. The Morgan fingerprint density at radius 2 is 1.92 bits per heavy atom. The third-order valence-electron chi connectivity index (χ3n) is 2.85. The molecule has 1 aromatic heterocycles. The number of oxime groups is 1. The summed E-state index contributed by atoms with van der Waals surface area (Å²) in [5, 5.41) is 5.12. The number of hydrogen-bond donors (Lipinski definition) is 1. The van der Waals surface area contributed by atoms with E-state index < -0.39 is 17.7 Å². The molecule has 0 amide bonds. The number of alkyl halides is 3. The molecule has 2 N–H and O–H groups in total. The summed E-state index contributed by atoms with van der Waals surface area (Å²) in [5.41, 5.74) is 5.01. The molecule has 2 rings (SSSR count). The molecule has 0 aliphatic rings. The molecule has 0 aliphatic heterocycles. The smallest absolute Gasteiger partial charge is 0.416 e. The van der Waals surface area contributed by atoms with Crippen LogP contribution in [0.1, 0.15) is 27.7 Å². The molecule has 128 valence electrons. The molecule has 0 unspecified atom stereocenters. The molecule has 0 spiro atoms. The number of benzene rings is 1. The van der Waals surface area contributed by atoms with Gasteiger partial charge in [-0.2, -0.15) is 13.2 Å². The van der Waals surface area contributed by atoms with Gasteiger partial charge in [-0.25, -0.2) is 4.79 Å². The summed E-state index contributed by atoms with van der Waals surface area (Å²) in [6, 6.07) is 5.64. The first-order valence-corrected chi connectivity index (χ1v) is 7.63. The highest BCUT2D eigenvalue weighted by Crippen LogP contribution is 2.29. The second kappa shape index (κ2) is 7.35. The third-order valence-corrected chi connectivity index (χ3v) is 3.72. The van der Waals surface area contributed by atoms with Crippen molar-refractivity contribution in [3.05, 3.63) is 51.7 Å². The van der Waals surface area contributed by atoms with E-state index in [-0.39, 0.29) is 16.3 Å². The quantitative estimate of drug-likeness (QED) is 0.383. The SMILES string of the molecule is CCOc1ccsc1C(=O)O/N=C(/N)c1ccc(C(F)(F)F)cc1. The zero-order valence-electron chi connectivity index (χ0n) is 12.5. The lowest BCUT2D eigenvalue weighted by molar-refractivity contribution is -0.137. The Kier molecular flexibility index (Phi) is 5.45. The van der Waals surface area contributed by atoms with Crippen LogP contribution in [0, 0.1) is 0 Å². The number of nitrogens with zero attached hydrogens (tertiary/aromatic N) is 1. The molecule has 1 aromatic carbocycles. The Labute approximate surface area is 139 Å². The summed E-state index contributed by atoms with van der Waals surface area (Å²) in [7, 11) is 0. The van der Waals surface area contributed by atoms with E-state index in [1.165, 1.54) is 0 Å². The van der Waals surface area contributed by atoms with Crippen LogP contribution in [0.25, 0.3) is 0 Å². The molecular weight excluding hydrogens is 345 g/mol. The van der Waals surface area contributed by atoms with Crippen LogP contribution in [0.5, 0.6) is 5.75 Å². The monoisotopic (exact) mass is 358 g/mol. The molecular formula is C15H13F3N2O3S. The van der Waals surface area contributed by atoms with Crippen LogP contribution < -0.4 is 10.5 Å². The predicted octanol–water partition coefficient (Wildman–Crippen LogP) is 3.64. The summed E-state index contributed by atoms with van der Waals surface area (Å²) in [4.78, 5) is 16.9. The minimum absolute atomic E-state index is 0.201. The summed E-state index contributed by atoms with van der Waals surface area (Å²) < 4.78 is 42.7. The Hall–Kier alpha value is -2.55. The third kappa shape index (κ3) is 4.25. The molecule has 24 heavy (non-hydrogen) atoms. The average molecular weight is 358 g/mol. The van der Waals surface area contributed by atoms with E-state index in [9.17, 15) is 18.0 Å². The molecule has 1 heterocycles. The normalized spacial score (nSPS) is 12.1. The number of nitrogens with two attached hydrogens (primary N) is 1. The first-order chi connectivity index (χ1) is 11.3. The number of rotatable bonds is 5. The molecule has 2 aromatic rings. The predicted molar refractivity (Wildman–Crippen MR) is 83.1 cm³/mol. The first kappa shape index (κ1) is 17.8. The van der Waals surface area contributed by atoms with Crippen molar-refractivity contribution in [2.45, 2.75) is 13.1 Å². The highest BCUT2D eigenvalue weighted by atomic mass is 32.1. The van der Waals surface area contributed by atoms with E-state index in [4.69, 9.17) is 15.3 Å². The second-order valence-electron chi connectivity index (χ2n) is 4.48. The standard InChI is InChI=1S/C15H13F3N2O3S/c1-2-22-11-7-8-24-12(11)14(21)23-20-13(19)9-3-5-10(6-4-9)15(16,17)18/h3-8H,2H2,1H3,(H2,19,20). The molecule has 0 saturated heterocycles. The van der Waals surface area contributed by atoms with Crippen molar-refractivity contribution >= 4 is 23.1 Å². The molecule has 0 atom stereocenters. The largest absolute Gasteiger partial charge is 0.492 e. The van der Waals surface area contributed by atoms with Gasteiger partial charge in [-0.15, -0.1) is 11.3 Å². The van der Waals surface area contributed by atoms with Crippen LogP contribution in [0.15, 0.2) is 40.9 Å². The lowest BCUT2D eigenvalue weighted by Gasteiger charge is -2.07. The molecule has 0 fully saturated rings. The molecule has 5 nitrogen and oxygen atoms in total. The molecule has 0 bridgehead atoms. The highest BCUT2D eigenvalue weighted by Gasteiger charge is 2.30. The van der Waals surface area contributed by atoms with Gasteiger partial charge < -0.3 is 15.3 Å². The second-order valence-corrected chi connectivity index (χ2v) is 5.39. The zero-order valence-corrected chi connectivity index (χ0v) is 13.3. The Morgan fingerprint density at radius 3 is 2.50 bits per heavy atom. The average Bonchev–Trinajstić information content (AvgIpc) is 3.00. The van der Waals surface area contributed by atoms with Gasteiger partial charge in [0.1, 0.15) is 5.75 Å². The highest BCUT2D eigenvalue weighted by molar-refractivity contribution is 7.12. The Balaban J connectivity index is 2.08. The minimum atomic E-state index is -4.44. The Morgan fingerprint density at radius 1 is 1.25 bits per heavy atom. The van der Waals surface area contributed by atoms with Crippen molar-refractivity contribution in [3.63, 3.8) is 0 Å². The Bertz CT molecular complexity index is 739. The van der Waals surface area contributed by atoms with Gasteiger partial charge in [-0.1, -0.05) is 17.3 Å². The maximum Gasteiger partial charge on any atom is 0.416 e. The van der Waals surface area contributed by atoms with Crippen LogP contribution in [0.4, 0.5) is 13.2 Å². The number of thiophene rings is 1. The summed E-state index contributed by atoms with van der Waals surface area (Å²) in [5.74, 6) is -0.606. The van der Waals surface area contributed by atoms with Gasteiger partial charge in [0.05, 0.1) is 12.2 Å². The van der Waals surface area contributed by atoms with Gasteiger partial charge in [-0.05, 0) is 30.5 Å². The van der Waals surface area contributed by atoms with E-state index in [1.807, 2.05) is 0 Å². The van der Waals surface area contributed by atoms with Gasteiger partial charge in [0, 0.05) is 5.56 Å². The first-order valence-electron chi connectivity index (χ1n) is 6.75. The molecule has 0 aliphatic carbocycles. The molecule has 0 radical (unpaired) electrons. The van der Waals surface area contributed by atoms with Crippen molar-refractivity contribution in [1.29, 1.82) is 0 Å². The van der Waals surface area contributed by atoms with E-state index in [0.29, 0.717) is 12.4 Å². The van der Waals surface area contributed by atoms with Gasteiger partial charge in [0.15, 0.2) is 10.7 Å². The van der Waals surface area contributed by atoms with Crippen molar-refractivity contribution in [2.24, 2.45) is 10.9 Å². The van der Waals surface area contributed by atoms with Crippen LogP contribution in [0.2, 0.25) is 0 Å². The van der Waals surface area contributed by atoms with Crippen LogP contribution in [0.3, 0.4) is 0 Å². The number of carbonyl (C=O) groups is 1. The van der Waals surface area contributed by atoms with Gasteiger partial charge in [0.2, 0.25) is 0 Å². The summed E-state index contributed by atoms with van der Waals surface area (Å²) >= 11 is 1.12. The van der Waals surface area contributed by atoms with Crippen LogP contribution >= 0.6 is 11.3 Å². The van der Waals surface area contributed by atoms with Crippen molar-refractivity contribution in [2.75, 3.05) is 6.61 Å². The number of amidine groups is 1. The number of halogens is 3. The van der Waals surface area contributed by atoms with E-state index >= 15 is 0 Å². The van der Waals surface area contributed by atoms with E-state index in [1.54, 1.807) is 18.4 Å². The summed E-state index contributed by atoms with van der Waals surface area (Å²) in [6.07, 6.45) is -4.44. The van der Waals surface area contributed by atoms with Crippen LogP contribution in [-0.4, -0.2) is 18.4 Å². The fourth-order valence-electron chi connectivity index (χ4n) is 1.73. The van der Waals surface area contributed by atoms with Gasteiger partial charge >= 0.3 is 12.1 Å². The minimum Gasteiger partial charge on any atom is -0.492 e. The lowest BCUT2D eigenvalue weighted by Crippen LogP contribution is -2.16. The van der Waals surface area contributed by atoms with E-state index in [2.05, 4.69) is 5.16 Å². The maximum atomic E-state index is 12.5. The molecule has 0 saturated carbocycles. The lowest BCUT2D eigenvalue weighted by atomic mass is 10.1. The topological polar surface area (TPSA) is 73.9 Å². The number of carbonyl (C=O) groups excluding carboxylic acids is 1. The zero-order chi connectivity index (χ0) is 17.7. The van der Waals surface area contributed by atoms with Crippen molar-refractivity contribution in [3.8, 4) is 5.75 Å².